The highest BCUT2D eigenvalue weighted by Crippen LogP contribution is 2.34. The Bertz CT molecular complexity index is 596. The number of ether oxygens (including phenoxy) is 1. The van der Waals surface area contributed by atoms with E-state index in [2.05, 4.69) is 33.9 Å². The van der Waals surface area contributed by atoms with Crippen molar-refractivity contribution in [2.45, 2.75) is 56.9 Å². The van der Waals surface area contributed by atoms with Crippen molar-refractivity contribution in [3.63, 3.8) is 0 Å². The smallest absolute Gasteiger partial charge is 0.191 e. The molecule has 0 spiro atoms. The zero-order chi connectivity index (χ0) is 17.7. The Balaban J connectivity index is 1.62. The maximum atomic E-state index is 5.53. The fraction of sp³-hybridized carbons (Fsp3) is 0.824. The third-order valence-corrected chi connectivity index (χ3v) is 6.41. The van der Waals surface area contributed by atoms with Crippen LogP contribution in [0.3, 0.4) is 0 Å². The van der Waals surface area contributed by atoms with E-state index in [0.29, 0.717) is 6.04 Å². The van der Waals surface area contributed by atoms with Crippen molar-refractivity contribution in [1.29, 1.82) is 0 Å². The van der Waals surface area contributed by atoms with Crippen molar-refractivity contribution in [1.82, 2.24) is 25.4 Å². The zero-order valence-corrected chi connectivity index (χ0v) is 16.4. The van der Waals surface area contributed by atoms with Gasteiger partial charge in [-0.25, -0.2) is 9.67 Å². The molecule has 140 valence electrons. The molecule has 1 saturated heterocycles. The minimum absolute atomic E-state index is 0.212. The molecule has 1 aromatic rings. The van der Waals surface area contributed by atoms with Crippen LogP contribution < -0.4 is 10.6 Å². The number of fused-ring (bicyclic) bond motifs is 1. The summed E-state index contributed by atoms with van der Waals surface area (Å²) in [7, 11) is 0. The Morgan fingerprint density at radius 1 is 1.44 bits per heavy atom. The summed E-state index contributed by atoms with van der Waals surface area (Å²) < 4.78 is 7.77. The second-order valence-corrected chi connectivity index (χ2v) is 8.11. The average Bonchev–Trinajstić information content (AvgIpc) is 3.00. The Kier molecular flexibility index (Phi) is 6.22. The van der Waals surface area contributed by atoms with Gasteiger partial charge in [0.1, 0.15) is 11.6 Å². The predicted octanol–water partition coefficient (Wildman–Crippen LogP) is 1.37. The summed E-state index contributed by atoms with van der Waals surface area (Å²) in [5.41, 5.74) is 0. The summed E-state index contributed by atoms with van der Waals surface area (Å²) in [6, 6.07) is 0.339. The lowest BCUT2D eigenvalue weighted by molar-refractivity contribution is 0.0794. The monoisotopic (exact) mass is 366 g/mol. The van der Waals surface area contributed by atoms with E-state index in [9.17, 15) is 0 Å². The molecule has 0 aromatic carbocycles. The first-order chi connectivity index (χ1) is 12.1. The Morgan fingerprint density at radius 3 is 2.96 bits per heavy atom. The molecule has 25 heavy (non-hydrogen) atoms. The van der Waals surface area contributed by atoms with Crippen LogP contribution in [0.1, 0.15) is 37.8 Å². The van der Waals surface area contributed by atoms with Gasteiger partial charge in [0.2, 0.25) is 0 Å². The van der Waals surface area contributed by atoms with Crippen molar-refractivity contribution in [2.75, 3.05) is 32.6 Å². The Morgan fingerprint density at radius 2 is 2.24 bits per heavy atom. The number of rotatable bonds is 5. The zero-order valence-electron chi connectivity index (χ0n) is 15.5. The SMILES string of the molecule is CCNC(=NCC1(SC)CCOCC1)NC1CCc2nc(C)nn2C1. The van der Waals surface area contributed by atoms with Gasteiger partial charge in [-0.15, -0.1) is 0 Å². The topological polar surface area (TPSA) is 76.4 Å². The van der Waals surface area contributed by atoms with E-state index in [1.807, 2.05) is 23.4 Å². The molecular weight excluding hydrogens is 336 g/mol. The average molecular weight is 367 g/mol. The summed E-state index contributed by atoms with van der Waals surface area (Å²) in [6.07, 6.45) is 6.36. The molecular formula is C17H30N6OS. The second kappa shape index (κ2) is 8.40. The standard InChI is InChI=1S/C17H30N6OS/c1-4-18-16(19-12-17(25-3)7-9-24-10-8-17)21-14-5-6-15-20-13(2)22-23(15)11-14/h14H,4-12H2,1-3H3,(H2,18,19,21). The quantitative estimate of drug-likeness (QED) is 0.605. The lowest BCUT2D eigenvalue weighted by atomic mass is 9.99. The molecule has 3 rings (SSSR count). The number of aromatic nitrogens is 3. The van der Waals surface area contributed by atoms with Crippen LogP contribution in [0.5, 0.6) is 0 Å². The first-order valence-corrected chi connectivity index (χ1v) is 10.4. The first kappa shape index (κ1) is 18.5. The summed E-state index contributed by atoms with van der Waals surface area (Å²) in [5, 5.41) is 11.5. The lowest BCUT2D eigenvalue weighted by Crippen LogP contribution is -2.48. The molecule has 1 atom stereocenters. The van der Waals surface area contributed by atoms with Crippen molar-refractivity contribution in [2.24, 2.45) is 4.99 Å². The van der Waals surface area contributed by atoms with Crippen LogP contribution in [0.25, 0.3) is 0 Å². The number of aryl methyl sites for hydroxylation is 2. The second-order valence-electron chi connectivity index (χ2n) is 6.83. The highest BCUT2D eigenvalue weighted by Gasteiger charge is 2.32. The van der Waals surface area contributed by atoms with Gasteiger partial charge < -0.3 is 15.4 Å². The fourth-order valence-electron chi connectivity index (χ4n) is 3.46. The van der Waals surface area contributed by atoms with E-state index in [0.717, 1.165) is 76.1 Å². The number of aliphatic imine (C=N–C) groups is 1. The number of guanidine groups is 1. The summed E-state index contributed by atoms with van der Waals surface area (Å²) in [5.74, 6) is 2.87. The molecule has 0 bridgehead atoms. The van der Waals surface area contributed by atoms with Crippen LogP contribution in [0, 0.1) is 6.92 Å². The van der Waals surface area contributed by atoms with Crippen LogP contribution in [0.4, 0.5) is 0 Å². The van der Waals surface area contributed by atoms with Gasteiger partial charge in [-0.2, -0.15) is 16.9 Å². The van der Waals surface area contributed by atoms with E-state index in [1.54, 1.807) is 0 Å². The number of hydrogen-bond donors (Lipinski definition) is 2. The first-order valence-electron chi connectivity index (χ1n) is 9.22. The highest BCUT2D eigenvalue weighted by atomic mass is 32.2. The third-order valence-electron chi connectivity index (χ3n) is 5.01. The van der Waals surface area contributed by atoms with Gasteiger partial charge in [-0.05, 0) is 39.4 Å². The molecule has 0 radical (unpaired) electrons. The number of nitrogens with zero attached hydrogens (tertiary/aromatic N) is 4. The number of thioether (sulfide) groups is 1. The molecule has 8 heteroatoms. The largest absolute Gasteiger partial charge is 0.381 e. The highest BCUT2D eigenvalue weighted by molar-refractivity contribution is 8.00. The molecule has 2 N–H and O–H groups in total. The van der Waals surface area contributed by atoms with Crippen molar-refractivity contribution in [3.05, 3.63) is 11.6 Å². The van der Waals surface area contributed by atoms with Gasteiger partial charge in [0, 0.05) is 37.0 Å². The van der Waals surface area contributed by atoms with Gasteiger partial charge in [0.25, 0.3) is 0 Å². The van der Waals surface area contributed by atoms with Gasteiger partial charge in [-0.3, -0.25) is 4.99 Å². The predicted molar refractivity (Wildman–Crippen MR) is 102 cm³/mol. The van der Waals surface area contributed by atoms with Crippen LogP contribution in [0.2, 0.25) is 0 Å². The summed E-state index contributed by atoms with van der Waals surface area (Å²) in [6.45, 7) is 8.29. The molecule has 0 amide bonds. The van der Waals surface area contributed by atoms with Crippen LogP contribution in [0.15, 0.2) is 4.99 Å². The molecule has 1 unspecified atom stereocenters. The summed E-state index contributed by atoms with van der Waals surface area (Å²) >= 11 is 1.93. The molecule has 1 aromatic heterocycles. The van der Waals surface area contributed by atoms with Crippen LogP contribution in [-0.4, -0.2) is 64.1 Å². The minimum Gasteiger partial charge on any atom is -0.381 e. The molecule has 0 aliphatic carbocycles. The maximum Gasteiger partial charge on any atom is 0.191 e. The van der Waals surface area contributed by atoms with Crippen molar-refractivity contribution in [3.8, 4) is 0 Å². The molecule has 3 heterocycles. The lowest BCUT2D eigenvalue weighted by Gasteiger charge is -2.34. The minimum atomic E-state index is 0.212. The van der Waals surface area contributed by atoms with Gasteiger partial charge in [0.05, 0.1) is 13.1 Å². The summed E-state index contributed by atoms with van der Waals surface area (Å²) in [4.78, 5) is 9.39. The van der Waals surface area contributed by atoms with E-state index >= 15 is 0 Å². The van der Waals surface area contributed by atoms with E-state index in [1.165, 1.54) is 0 Å². The fourth-order valence-corrected chi connectivity index (χ4v) is 4.23. The normalized spacial score (nSPS) is 23.2. The van der Waals surface area contributed by atoms with Gasteiger partial charge >= 0.3 is 0 Å². The van der Waals surface area contributed by atoms with Crippen LogP contribution >= 0.6 is 11.8 Å². The van der Waals surface area contributed by atoms with Crippen LogP contribution in [-0.2, 0) is 17.7 Å². The molecule has 0 saturated carbocycles. The number of hydrogen-bond acceptors (Lipinski definition) is 5. The molecule has 1 fully saturated rings. The van der Waals surface area contributed by atoms with E-state index in [4.69, 9.17) is 9.73 Å². The van der Waals surface area contributed by atoms with Gasteiger partial charge in [-0.1, -0.05) is 0 Å². The van der Waals surface area contributed by atoms with Crippen molar-refractivity contribution >= 4 is 17.7 Å². The van der Waals surface area contributed by atoms with Gasteiger partial charge in [0.15, 0.2) is 5.96 Å². The van der Waals surface area contributed by atoms with E-state index < -0.39 is 0 Å². The van der Waals surface area contributed by atoms with Crippen molar-refractivity contribution < 1.29 is 4.74 Å². The Labute approximate surface area is 154 Å². The number of nitrogens with one attached hydrogen (secondary N) is 2. The van der Waals surface area contributed by atoms with E-state index in [-0.39, 0.29) is 4.75 Å². The maximum absolute atomic E-state index is 5.53. The molecule has 7 nitrogen and oxygen atoms in total. The third kappa shape index (κ3) is 4.67. The molecule has 2 aliphatic rings. The Hall–Kier alpha value is -1.28. The molecule has 2 aliphatic heterocycles.